The van der Waals surface area contributed by atoms with Crippen LogP contribution in [-0.2, 0) is 0 Å². The van der Waals surface area contributed by atoms with Gasteiger partial charge in [0.2, 0.25) is 0 Å². The molecule has 0 spiro atoms. The van der Waals surface area contributed by atoms with Crippen molar-refractivity contribution in [2.75, 3.05) is 0 Å². The summed E-state index contributed by atoms with van der Waals surface area (Å²) in [6.45, 7) is 1.78. The SMILES string of the molecule is Cc1c(C2CC2)[nH]n(-c2cc(C(=O)O)ccn2)c1=O. The third-order valence-electron chi connectivity index (χ3n) is 3.37. The molecule has 0 radical (unpaired) electrons. The molecule has 2 heterocycles. The van der Waals surface area contributed by atoms with Gasteiger partial charge in [0.25, 0.3) is 5.56 Å². The van der Waals surface area contributed by atoms with Crippen molar-refractivity contribution in [3.8, 4) is 5.82 Å². The van der Waals surface area contributed by atoms with E-state index in [0.717, 1.165) is 18.5 Å². The summed E-state index contributed by atoms with van der Waals surface area (Å²) in [4.78, 5) is 27.1. The van der Waals surface area contributed by atoms with Crippen LogP contribution in [0.3, 0.4) is 0 Å². The van der Waals surface area contributed by atoms with Crippen LogP contribution in [0, 0.1) is 6.92 Å². The molecule has 1 fully saturated rings. The predicted octanol–water partition coefficient (Wildman–Crippen LogP) is 1.44. The van der Waals surface area contributed by atoms with E-state index >= 15 is 0 Å². The van der Waals surface area contributed by atoms with E-state index in [1.54, 1.807) is 6.92 Å². The zero-order valence-corrected chi connectivity index (χ0v) is 10.4. The van der Waals surface area contributed by atoms with Gasteiger partial charge in [-0.1, -0.05) is 0 Å². The van der Waals surface area contributed by atoms with Crippen LogP contribution < -0.4 is 5.56 Å². The summed E-state index contributed by atoms with van der Waals surface area (Å²) in [6, 6.07) is 2.78. The van der Waals surface area contributed by atoms with Gasteiger partial charge in [0, 0.05) is 23.4 Å². The first-order valence-corrected chi connectivity index (χ1v) is 6.09. The number of aromatic nitrogens is 3. The third-order valence-corrected chi connectivity index (χ3v) is 3.37. The van der Waals surface area contributed by atoms with E-state index in [2.05, 4.69) is 10.1 Å². The number of hydrogen-bond donors (Lipinski definition) is 2. The van der Waals surface area contributed by atoms with Gasteiger partial charge in [-0.25, -0.2) is 14.5 Å². The van der Waals surface area contributed by atoms with Gasteiger partial charge in [-0.05, 0) is 31.9 Å². The summed E-state index contributed by atoms with van der Waals surface area (Å²) < 4.78 is 1.31. The van der Waals surface area contributed by atoms with Gasteiger partial charge in [0.05, 0.1) is 5.56 Å². The van der Waals surface area contributed by atoms with Crippen LogP contribution >= 0.6 is 0 Å². The number of H-pyrrole nitrogens is 1. The molecule has 0 amide bonds. The minimum absolute atomic E-state index is 0.108. The highest BCUT2D eigenvalue weighted by molar-refractivity contribution is 5.87. The van der Waals surface area contributed by atoms with E-state index < -0.39 is 5.97 Å². The third kappa shape index (κ3) is 1.95. The molecule has 1 aliphatic rings. The monoisotopic (exact) mass is 259 g/mol. The number of nitrogens with one attached hydrogen (secondary N) is 1. The Morgan fingerprint density at radius 3 is 2.89 bits per heavy atom. The van der Waals surface area contributed by atoms with Crippen LogP contribution in [0.25, 0.3) is 5.82 Å². The van der Waals surface area contributed by atoms with Crippen LogP contribution in [0.2, 0.25) is 0 Å². The van der Waals surface area contributed by atoms with E-state index in [1.165, 1.54) is 23.0 Å². The molecule has 0 saturated heterocycles. The van der Waals surface area contributed by atoms with E-state index in [1.807, 2.05) is 0 Å². The molecule has 0 aliphatic heterocycles. The highest BCUT2D eigenvalue weighted by Crippen LogP contribution is 2.39. The molecule has 98 valence electrons. The second-order valence-electron chi connectivity index (χ2n) is 4.77. The van der Waals surface area contributed by atoms with Crippen molar-refractivity contribution in [2.45, 2.75) is 25.7 Å². The predicted molar refractivity (Wildman–Crippen MR) is 67.9 cm³/mol. The molecular weight excluding hydrogens is 246 g/mol. The molecule has 2 aromatic rings. The van der Waals surface area contributed by atoms with Gasteiger partial charge < -0.3 is 5.11 Å². The molecule has 2 N–H and O–H groups in total. The lowest BCUT2D eigenvalue weighted by Gasteiger charge is -2.01. The molecule has 6 heteroatoms. The molecule has 19 heavy (non-hydrogen) atoms. The maximum Gasteiger partial charge on any atom is 0.335 e. The van der Waals surface area contributed by atoms with E-state index in [-0.39, 0.29) is 11.1 Å². The average molecular weight is 259 g/mol. The molecular formula is C13H13N3O3. The molecule has 6 nitrogen and oxygen atoms in total. The Bertz CT molecular complexity index is 710. The van der Waals surface area contributed by atoms with Crippen LogP contribution in [0.1, 0.15) is 40.4 Å². The van der Waals surface area contributed by atoms with E-state index in [4.69, 9.17) is 5.11 Å². The van der Waals surface area contributed by atoms with Crippen molar-refractivity contribution in [1.82, 2.24) is 14.8 Å². The molecule has 0 bridgehead atoms. The highest BCUT2D eigenvalue weighted by atomic mass is 16.4. The van der Waals surface area contributed by atoms with Gasteiger partial charge in [-0.2, -0.15) is 0 Å². The van der Waals surface area contributed by atoms with Crippen LogP contribution in [0.5, 0.6) is 0 Å². The van der Waals surface area contributed by atoms with Crippen molar-refractivity contribution >= 4 is 5.97 Å². The van der Waals surface area contributed by atoms with Crippen molar-refractivity contribution < 1.29 is 9.90 Å². The first-order chi connectivity index (χ1) is 9.08. The number of carbonyl (C=O) groups is 1. The van der Waals surface area contributed by atoms with Gasteiger partial charge in [0.15, 0.2) is 5.82 Å². The standard InChI is InChI=1S/C13H13N3O3/c1-7-11(8-2-3-8)15-16(12(7)17)10-6-9(13(18)19)4-5-14-10/h4-6,8,15H,2-3H2,1H3,(H,18,19). The zero-order valence-electron chi connectivity index (χ0n) is 10.4. The summed E-state index contributed by atoms with van der Waals surface area (Å²) >= 11 is 0. The summed E-state index contributed by atoms with van der Waals surface area (Å²) in [5.74, 6) is -0.307. The fraction of sp³-hybridized carbons (Fsp3) is 0.308. The van der Waals surface area contributed by atoms with Crippen molar-refractivity contribution in [3.63, 3.8) is 0 Å². The lowest BCUT2D eigenvalue weighted by atomic mass is 10.2. The first kappa shape index (κ1) is 11.7. The van der Waals surface area contributed by atoms with E-state index in [0.29, 0.717) is 17.3 Å². The minimum atomic E-state index is -1.04. The van der Waals surface area contributed by atoms with Crippen molar-refractivity contribution in [3.05, 3.63) is 45.5 Å². The van der Waals surface area contributed by atoms with Gasteiger partial charge >= 0.3 is 5.97 Å². The Hall–Kier alpha value is -2.37. The lowest BCUT2D eigenvalue weighted by molar-refractivity contribution is 0.0696. The minimum Gasteiger partial charge on any atom is -0.478 e. The van der Waals surface area contributed by atoms with E-state index in [9.17, 15) is 9.59 Å². The smallest absolute Gasteiger partial charge is 0.335 e. The molecule has 0 atom stereocenters. The molecule has 1 aliphatic carbocycles. The number of carboxylic acid groups (broad SMARTS) is 1. The Balaban J connectivity index is 2.11. The fourth-order valence-corrected chi connectivity index (χ4v) is 2.14. The number of carboxylic acids is 1. The Labute approximate surface area is 108 Å². The molecule has 0 aromatic carbocycles. The van der Waals surface area contributed by atoms with Crippen LogP contribution in [0.15, 0.2) is 23.1 Å². The average Bonchev–Trinajstić information content (AvgIpc) is 3.19. The second kappa shape index (κ2) is 4.08. The number of aromatic carboxylic acids is 1. The number of nitrogens with zero attached hydrogens (tertiary/aromatic N) is 2. The Kier molecular flexibility index (Phi) is 2.51. The fourth-order valence-electron chi connectivity index (χ4n) is 2.14. The molecule has 1 saturated carbocycles. The van der Waals surface area contributed by atoms with Gasteiger partial charge in [0.1, 0.15) is 0 Å². The number of rotatable bonds is 3. The molecule has 2 aromatic heterocycles. The Morgan fingerprint density at radius 1 is 1.53 bits per heavy atom. The number of hydrogen-bond acceptors (Lipinski definition) is 3. The van der Waals surface area contributed by atoms with Crippen molar-refractivity contribution in [1.29, 1.82) is 0 Å². The maximum absolute atomic E-state index is 12.1. The largest absolute Gasteiger partial charge is 0.478 e. The normalized spacial score (nSPS) is 14.6. The lowest BCUT2D eigenvalue weighted by Crippen LogP contribution is -2.17. The summed E-state index contributed by atoms with van der Waals surface area (Å²) in [6.07, 6.45) is 3.56. The van der Waals surface area contributed by atoms with Crippen LogP contribution in [0.4, 0.5) is 0 Å². The Morgan fingerprint density at radius 2 is 2.26 bits per heavy atom. The zero-order chi connectivity index (χ0) is 13.6. The highest BCUT2D eigenvalue weighted by Gasteiger charge is 2.29. The number of pyridine rings is 1. The summed E-state index contributed by atoms with van der Waals surface area (Å²) in [7, 11) is 0. The first-order valence-electron chi connectivity index (χ1n) is 6.09. The molecule has 3 rings (SSSR count). The van der Waals surface area contributed by atoms with Crippen molar-refractivity contribution in [2.24, 2.45) is 0 Å². The summed E-state index contributed by atoms with van der Waals surface area (Å²) in [5.41, 5.74) is 1.56. The summed E-state index contributed by atoms with van der Waals surface area (Å²) in [5, 5.41) is 12.0. The van der Waals surface area contributed by atoms with Gasteiger partial charge in [-0.3, -0.25) is 9.89 Å². The quantitative estimate of drug-likeness (QED) is 0.873. The van der Waals surface area contributed by atoms with Crippen LogP contribution in [-0.4, -0.2) is 25.8 Å². The maximum atomic E-state index is 12.1. The second-order valence-corrected chi connectivity index (χ2v) is 4.77. The van der Waals surface area contributed by atoms with Gasteiger partial charge in [-0.15, -0.1) is 0 Å². The number of aromatic amines is 1. The topological polar surface area (TPSA) is 88.0 Å². The molecule has 0 unspecified atom stereocenters.